The van der Waals surface area contributed by atoms with Crippen molar-refractivity contribution in [3.05, 3.63) is 78.2 Å². The van der Waals surface area contributed by atoms with E-state index in [2.05, 4.69) is 21.9 Å². The minimum atomic E-state index is 0.220. The van der Waals surface area contributed by atoms with E-state index in [4.69, 9.17) is 15.1 Å². The molecule has 4 aromatic rings. The number of carbonyl (C=O) groups excluding carboxylic acids is 1. The van der Waals surface area contributed by atoms with Crippen molar-refractivity contribution < 1.29 is 4.79 Å². The van der Waals surface area contributed by atoms with E-state index in [1.165, 1.54) is 24.8 Å². The molecule has 1 aliphatic heterocycles. The molecular formula is C29H32N6O. The van der Waals surface area contributed by atoms with Crippen LogP contribution in [-0.4, -0.2) is 56.7 Å². The number of amides is 1. The number of piperazine rings is 1. The molecule has 1 saturated heterocycles. The molecule has 184 valence electrons. The van der Waals surface area contributed by atoms with Gasteiger partial charge in [0.2, 0.25) is 5.91 Å². The van der Waals surface area contributed by atoms with Crippen molar-refractivity contribution in [2.45, 2.75) is 38.5 Å². The first-order valence-electron chi connectivity index (χ1n) is 13.1. The Bertz CT molecular complexity index is 1320. The van der Waals surface area contributed by atoms with Gasteiger partial charge in [0.1, 0.15) is 11.6 Å². The average Bonchev–Trinajstić information content (AvgIpc) is 3.38. The largest absolute Gasteiger partial charge is 0.352 e. The number of hydrogen-bond donors (Lipinski definition) is 0. The van der Waals surface area contributed by atoms with Gasteiger partial charge in [0.25, 0.3) is 0 Å². The molecule has 7 heteroatoms. The first kappa shape index (κ1) is 22.7. The zero-order valence-corrected chi connectivity index (χ0v) is 20.6. The van der Waals surface area contributed by atoms with E-state index >= 15 is 0 Å². The Hall–Kier alpha value is -3.74. The van der Waals surface area contributed by atoms with Crippen LogP contribution < -0.4 is 4.90 Å². The summed E-state index contributed by atoms with van der Waals surface area (Å²) in [6, 6.07) is 20.5. The molecule has 0 N–H and O–H groups in total. The van der Waals surface area contributed by atoms with Crippen molar-refractivity contribution in [1.29, 1.82) is 0 Å². The Morgan fingerprint density at radius 1 is 0.833 bits per heavy atom. The number of anilines is 1. The summed E-state index contributed by atoms with van der Waals surface area (Å²) in [6.07, 6.45) is 8.27. The summed E-state index contributed by atoms with van der Waals surface area (Å²) < 4.78 is 1.90. The summed E-state index contributed by atoms with van der Waals surface area (Å²) in [5.74, 6) is 2.27. The van der Waals surface area contributed by atoms with Crippen LogP contribution in [0, 0.1) is 5.92 Å². The van der Waals surface area contributed by atoms with Crippen LogP contribution in [0.2, 0.25) is 0 Å². The van der Waals surface area contributed by atoms with Crippen LogP contribution in [0.3, 0.4) is 0 Å². The standard InChI is InChI=1S/C29H32N6O/c36-29(23-12-6-2-7-13-23)34-18-16-33(17-19-34)27-25-21-30-35(24-14-8-3-9-15-24)28(25)32-26(31-27)20-22-10-4-1-5-11-22/h1,3-5,8-11,14-15,21,23H,2,6-7,12-13,16-20H2. The molecule has 0 radical (unpaired) electrons. The van der Waals surface area contributed by atoms with Gasteiger partial charge in [-0.3, -0.25) is 4.79 Å². The lowest BCUT2D eigenvalue weighted by Gasteiger charge is -2.37. The molecule has 1 aliphatic carbocycles. The second kappa shape index (κ2) is 10.1. The summed E-state index contributed by atoms with van der Waals surface area (Å²) in [5, 5.41) is 5.64. The highest BCUT2D eigenvalue weighted by Crippen LogP contribution is 2.29. The van der Waals surface area contributed by atoms with Gasteiger partial charge in [-0.05, 0) is 30.5 Å². The van der Waals surface area contributed by atoms with Crippen molar-refractivity contribution in [3.63, 3.8) is 0 Å². The van der Waals surface area contributed by atoms with Gasteiger partial charge in [0.15, 0.2) is 5.65 Å². The van der Waals surface area contributed by atoms with E-state index in [1.807, 2.05) is 59.4 Å². The van der Waals surface area contributed by atoms with Crippen molar-refractivity contribution in [3.8, 4) is 5.69 Å². The molecular weight excluding hydrogens is 448 g/mol. The number of nitrogens with zero attached hydrogens (tertiary/aromatic N) is 6. The molecule has 2 aromatic carbocycles. The quantitative estimate of drug-likeness (QED) is 0.417. The van der Waals surface area contributed by atoms with Crippen LogP contribution in [-0.2, 0) is 11.2 Å². The monoisotopic (exact) mass is 480 g/mol. The van der Waals surface area contributed by atoms with Crippen LogP contribution in [0.25, 0.3) is 16.7 Å². The van der Waals surface area contributed by atoms with Crippen molar-refractivity contribution in [1.82, 2.24) is 24.6 Å². The number of para-hydroxylation sites is 1. The Morgan fingerprint density at radius 3 is 2.25 bits per heavy atom. The summed E-state index contributed by atoms with van der Waals surface area (Å²) in [5.41, 5.74) is 2.97. The summed E-state index contributed by atoms with van der Waals surface area (Å²) in [6.45, 7) is 3.01. The van der Waals surface area contributed by atoms with Gasteiger partial charge in [-0.25, -0.2) is 14.6 Å². The Balaban J connectivity index is 1.30. The van der Waals surface area contributed by atoms with E-state index < -0.39 is 0 Å². The molecule has 3 heterocycles. The maximum Gasteiger partial charge on any atom is 0.225 e. The third-order valence-corrected chi connectivity index (χ3v) is 7.51. The van der Waals surface area contributed by atoms with E-state index in [0.717, 1.165) is 67.4 Å². The van der Waals surface area contributed by atoms with Gasteiger partial charge in [-0.2, -0.15) is 5.10 Å². The molecule has 2 aliphatic rings. The summed E-state index contributed by atoms with van der Waals surface area (Å²) in [7, 11) is 0. The fraction of sp³-hybridized carbons (Fsp3) is 0.379. The zero-order chi connectivity index (χ0) is 24.3. The number of rotatable bonds is 5. The van der Waals surface area contributed by atoms with Gasteiger partial charge in [-0.15, -0.1) is 0 Å². The van der Waals surface area contributed by atoms with Gasteiger partial charge in [-0.1, -0.05) is 67.8 Å². The Labute approximate surface area is 211 Å². The van der Waals surface area contributed by atoms with Crippen molar-refractivity contribution in [2.24, 2.45) is 5.92 Å². The molecule has 2 fully saturated rings. The minimum absolute atomic E-state index is 0.220. The predicted octanol–water partition coefficient (Wildman–Crippen LogP) is 4.64. The van der Waals surface area contributed by atoms with E-state index in [9.17, 15) is 4.79 Å². The average molecular weight is 481 g/mol. The fourth-order valence-electron chi connectivity index (χ4n) is 5.54. The second-order valence-electron chi connectivity index (χ2n) is 9.90. The highest BCUT2D eigenvalue weighted by molar-refractivity contribution is 5.88. The molecule has 1 amide bonds. The summed E-state index contributed by atoms with van der Waals surface area (Å²) in [4.78, 5) is 27.5. The van der Waals surface area contributed by atoms with Gasteiger partial charge >= 0.3 is 0 Å². The number of hydrogen-bond acceptors (Lipinski definition) is 5. The number of aromatic nitrogens is 4. The molecule has 6 rings (SSSR count). The van der Waals surface area contributed by atoms with Gasteiger partial charge < -0.3 is 9.80 Å². The molecule has 1 saturated carbocycles. The van der Waals surface area contributed by atoms with Gasteiger partial charge in [0, 0.05) is 38.5 Å². The van der Waals surface area contributed by atoms with Gasteiger partial charge in [0.05, 0.1) is 17.3 Å². The second-order valence-corrected chi connectivity index (χ2v) is 9.90. The third-order valence-electron chi connectivity index (χ3n) is 7.51. The first-order valence-corrected chi connectivity index (χ1v) is 13.1. The van der Waals surface area contributed by atoms with Crippen LogP contribution in [0.15, 0.2) is 66.9 Å². The van der Waals surface area contributed by atoms with Crippen molar-refractivity contribution in [2.75, 3.05) is 31.1 Å². The molecule has 0 spiro atoms. The number of benzene rings is 2. The highest BCUT2D eigenvalue weighted by Gasteiger charge is 2.30. The minimum Gasteiger partial charge on any atom is -0.352 e. The third kappa shape index (κ3) is 4.57. The normalized spacial score (nSPS) is 17.0. The molecule has 2 aromatic heterocycles. The lowest BCUT2D eigenvalue weighted by molar-refractivity contribution is -0.136. The van der Waals surface area contributed by atoms with Crippen LogP contribution in [0.4, 0.5) is 5.82 Å². The zero-order valence-electron chi connectivity index (χ0n) is 20.6. The summed E-state index contributed by atoms with van der Waals surface area (Å²) >= 11 is 0. The van der Waals surface area contributed by atoms with E-state index in [-0.39, 0.29) is 5.92 Å². The van der Waals surface area contributed by atoms with Crippen molar-refractivity contribution >= 4 is 22.8 Å². The SMILES string of the molecule is O=C(C1CCCCC1)N1CCN(c2nc(Cc3ccccc3)nc3c2cnn3-c2ccccc2)CC1. The molecule has 36 heavy (non-hydrogen) atoms. The highest BCUT2D eigenvalue weighted by atomic mass is 16.2. The lowest BCUT2D eigenvalue weighted by Crippen LogP contribution is -2.51. The first-order chi connectivity index (χ1) is 17.8. The van der Waals surface area contributed by atoms with E-state index in [0.29, 0.717) is 12.3 Å². The smallest absolute Gasteiger partial charge is 0.225 e. The van der Waals surface area contributed by atoms with Crippen LogP contribution >= 0.6 is 0 Å². The number of carbonyl (C=O) groups is 1. The van der Waals surface area contributed by atoms with E-state index in [1.54, 1.807) is 0 Å². The molecule has 0 bridgehead atoms. The van der Waals surface area contributed by atoms with Crippen LogP contribution in [0.1, 0.15) is 43.5 Å². The van der Waals surface area contributed by atoms with Crippen LogP contribution in [0.5, 0.6) is 0 Å². The molecule has 7 nitrogen and oxygen atoms in total. The Kier molecular flexibility index (Phi) is 6.36. The maximum absolute atomic E-state index is 13.1. The lowest BCUT2D eigenvalue weighted by atomic mass is 9.88. The predicted molar refractivity (Wildman–Crippen MR) is 141 cm³/mol. The molecule has 0 atom stereocenters. The maximum atomic E-state index is 13.1. The fourth-order valence-corrected chi connectivity index (χ4v) is 5.54. The molecule has 0 unspecified atom stereocenters. The topological polar surface area (TPSA) is 67.2 Å². The Morgan fingerprint density at radius 2 is 1.53 bits per heavy atom. The number of fused-ring (bicyclic) bond motifs is 1.